The van der Waals surface area contributed by atoms with Crippen molar-refractivity contribution < 1.29 is 18.8 Å². The SMILES string of the molecule is O=C(Nc1ccc(NC(=O)c2nc[nH]c2C(=O)NCCN2CCC2)cc1)c1ccc(F)cc1Cl. The van der Waals surface area contributed by atoms with Gasteiger partial charge in [0.2, 0.25) is 0 Å². The number of benzene rings is 2. The summed E-state index contributed by atoms with van der Waals surface area (Å²) < 4.78 is 13.2. The van der Waals surface area contributed by atoms with Gasteiger partial charge in [-0.3, -0.25) is 14.4 Å². The fourth-order valence-electron chi connectivity index (χ4n) is 3.36. The van der Waals surface area contributed by atoms with E-state index < -0.39 is 23.5 Å². The summed E-state index contributed by atoms with van der Waals surface area (Å²) in [7, 11) is 0. The number of anilines is 2. The van der Waals surface area contributed by atoms with E-state index in [1.54, 1.807) is 24.3 Å². The Morgan fingerprint density at radius 3 is 2.29 bits per heavy atom. The summed E-state index contributed by atoms with van der Waals surface area (Å²) in [6, 6.07) is 9.83. The van der Waals surface area contributed by atoms with Crippen molar-refractivity contribution in [2.75, 3.05) is 36.8 Å². The number of hydrogen-bond donors (Lipinski definition) is 4. The third-order valence-electron chi connectivity index (χ3n) is 5.32. The molecule has 1 fully saturated rings. The summed E-state index contributed by atoms with van der Waals surface area (Å²) in [4.78, 5) is 46.3. The van der Waals surface area contributed by atoms with Crippen molar-refractivity contribution in [3.05, 3.63) is 76.6 Å². The van der Waals surface area contributed by atoms with Crippen LogP contribution in [-0.4, -0.2) is 58.8 Å². The lowest BCUT2D eigenvalue weighted by Crippen LogP contribution is -2.42. The molecule has 11 heteroatoms. The maximum atomic E-state index is 13.2. The number of nitrogens with one attached hydrogen (secondary N) is 4. The Labute approximate surface area is 199 Å². The number of carbonyl (C=O) groups is 3. The Morgan fingerprint density at radius 2 is 1.68 bits per heavy atom. The molecule has 2 heterocycles. The lowest BCUT2D eigenvalue weighted by Gasteiger charge is -2.30. The van der Waals surface area contributed by atoms with Gasteiger partial charge in [-0.2, -0.15) is 0 Å². The van der Waals surface area contributed by atoms with Gasteiger partial charge in [0.1, 0.15) is 11.5 Å². The monoisotopic (exact) mass is 484 g/mol. The predicted molar refractivity (Wildman–Crippen MR) is 126 cm³/mol. The molecule has 0 unspecified atom stereocenters. The van der Waals surface area contributed by atoms with Gasteiger partial charge in [-0.05, 0) is 62.0 Å². The van der Waals surface area contributed by atoms with E-state index in [0.29, 0.717) is 17.9 Å². The Hall–Kier alpha value is -3.76. The zero-order chi connectivity index (χ0) is 24.1. The number of H-pyrrole nitrogens is 1. The summed E-state index contributed by atoms with van der Waals surface area (Å²) in [5.41, 5.74) is 1.08. The molecule has 1 saturated heterocycles. The highest BCUT2D eigenvalue weighted by Gasteiger charge is 2.21. The molecule has 0 spiro atoms. The van der Waals surface area contributed by atoms with Crippen molar-refractivity contribution in [2.45, 2.75) is 6.42 Å². The normalized spacial score (nSPS) is 13.1. The number of imidazole rings is 1. The van der Waals surface area contributed by atoms with Crippen LogP contribution >= 0.6 is 11.6 Å². The van der Waals surface area contributed by atoms with E-state index in [-0.39, 0.29) is 22.0 Å². The number of aromatic amines is 1. The minimum absolute atomic E-state index is 0.000716. The third kappa shape index (κ3) is 5.59. The van der Waals surface area contributed by atoms with E-state index >= 15 is 0 Å². The van der Waals surface area contributed by atoms with Gasteiger partial charge in [-0.15, -0.1) is 0 Å². The van der Waals surface area contributed by atoms with Crippen molar-refractivity contribution >= 4 is 40.7 Å². The highest BCUT2D eigenvalue weighted by atomic mass is 35.5. The van der Waals surface area contributed by atoms with Crippen LogP contribution < -0.4 is 16.0 Å². The van der Waals surface area contributed by atoms with Crippen LogP contribution in [0.5, 0.6) is 0 Å². The Balaban J connectivity index is 1.33. The molecule has 34 heavy (non-hydrogen) atoms. The number of aromatic nitrogens is 2. The Bertz CT molecular complexity index is 1210. The summed E-state index contributed by atoms with van der Waals surface area (Å²) in [6.45, 7) is 3.32. The molecule has 3 amide bonds. The van der Waals surface area contributed by atoms with Crippen LogP contribution in [0.3, 0.4) is 0 Å². The molecule has 1 aliphatic rings. The average Bonchev–Trinajstić information content (AvgIpc) is 3.27. The zero-order valence-corrected chi connectivity index (χ0v) is 18.8. The van der Waals surface area contributed by atoms with Crippen LogP contribution in [0.2, 0.25) is 5.02 Å². The van der Waals surface area contributed by atoms with Crippen molar-refractivity contribution in [3.8, 4) is 0 Å². The summed E-state index contributed by atoms with van der Waals surface area (Å²) in [6.07, 6.45) is 2.47. The maximum Gasteiger partial charge on any atom is 0.276 e. The Kier molecular flexibility index (Phi) is 7.19. The molecule has 0 saturated carbocycles. The van der Waals surface area contributed by atoms with Crippen LogP contribution in [0.25, 0.3) is 0 Å². The second-order valence-corrected chi connectivity index (χ2v) is 8.09. The maximum absolute atomic E-state index is 13.2. The molecule has 0 bridgehead atoms. The van der Waals surface area contributed by atoms with E-state index in [0.717, 1.165) is 31.8 Å². The first kappa shape index (κ1) is 23.4. The molecule has 0 atom stereocenters. The molecular weight excluding hydrogens is 463 g/mol. The molecular formula is C23H22ClFN6O3. The third-order valence-corrected chi connectivity index (χ3v) is 5.63. The topological polar surface area (TPSA) is 119 Å². The molecule has 9 nitrogen and oxygen atoms in total. The van der Waals surface area contributed by atoms with E-state index in [1.165, 1.54) is 18.8 Å². The largest absolute Gasteiger partial charge is 0.349 e. The minimum Gasteiger partial charge on any atom is -0.349 e. The fourth-order valence-corrected chi connectivity index (χ4v) is 3.61. The molecule has 3 aromatic rings. The second-order valence-electron chi connectivity index (χ2n) is 7.69. The number of nitrogens with zero attached hydrogens (tertiary/aromatic N) is 2. The van der Waals surface area contributed by atoms with Gasteiger partial charge in [0.05, 0.1) is 16.9 Å². The second kappa shape index (κ2) is 10.4. The van der Waals surface area contributed by atoms with Crippen LogP contribution in [-0.2, 0) is 0 Å². The van der Waals surface area contributed by atoms with Crippen LogP contribution in [0, 0.1) is 5.82 Å². The molecule has 2 aromatic carbocycles. The number of carbonyl (C=O) groups excluding carboxylic acids is 3. The summed E-state index contributed by atoms with van der Waals surface area (Å²) in [5, 5.41) is 8.12. The van der Waals surface area contributed by atoms with Gasteiger partial charge in [0.15, 0.2) is 5.69 Å². The van der Waals surface area contributed by atoms with Gasteiger partial charge in [0.25, 0.3) is 17.7 Å². The van der Waals surface area contributed by atoms with Crippen molar-refractivity contribution in [1.82, 2.24) is 20.2 Å². The summed E-state index contributed by atoms with van der Waals surface area (Å²) in [5.74, 6) is -1.99. The van der Waals surface area contributed by atoms with Crippen LogP contribution in [0.15, 0.2) is 48.8 Å². The molecule has 0 radical (unpaired) electrons. The van der Waals surface area contributed by atoms with E-state index in [9.17, 15) is 18.8 Å². The van der Waals surface area contributed by atoms with Gasteiger partial charge in [-0.1, -0.05) is 11.6 Å². The molecule has 1 aliphatic heterocycles. The van der Waals surface area contributed by atoms with Crippen molar-refractivity contribution in [1.29, 1.82) is 0 Å². The van der Waals surface area contributed by atoms with Gasteiger partial charge < -0.3 is 25.8 Å². The molecule has 4 N–H and O–H groups in total. The first-order chi connectivity index (χ1) is 16.4. The van der Waals surface area contributed by atoms with Gasteiger partial charge in [-0.25, -0.2) is 9.37 Å². The van der Waals surface area contributed by atoms with E-state index in [4.69, 9.17) is 11.6 Å². The lowest BCUT2D eigenvalue weighted by atomic mass is 10.2. The fraction of sp³-hybridized carbons (Fsp3) is 0.217. The number of amides is 3. The predicted octanol–water partition coefficient (Wildman–Crippen LogP) is 3.14. The van der Waals surface area contributed by atoms with Crippen LogP contribution in [0.4, 0.5) is 15.8 Å². The van der Waals surface area contributed by atoms with Gasteiger partial charge >= 0.3 is 0 Å². The number of halogens is 2. The van der Waals surface area contributed by atoms with Crippen molar-refractivity contribution in [3.63, 3.8) is 0 Å². The molecule has 0 aliphatic carbocycles. The van der Waals surface area contributed by atoms with Crippen molar-refractivity contribution in [2.24, 2.45) is 0 Å². The highest BCUT2D eigenvalue weighted by Crippen LogP contribution is 2.20. The Morgan fingerprint density at radius 1 is 1.00 bits per heavy atom. The first-order valence-corrected chi connectivity index (χ1v) is 11.0. The molecule has 1 aromatic heterocycles. The smallest absolute Gasteiger partial charge is 0.276 e. The lowest BCUT2D eigenvalue weighted by molar-refractivity contribution is 0.0924. The minimum atomic E-state index is -0.552. The average molecular weight is 485 g/mol. The quantitative estimate of drug-likeness (QED) is 0.391. The number of rotatable bonds is 8. The zero-order valence-electron chi connectivity index (χ0n) is 18.0. The number of hydrogen-bond acceptors (Lipinski definition) is 5. The molecule has 4 rings (SSSR count). The molecule has 176 valence electrons. The standard InChI is InChI=1S/C23H22ClFN6O3/c24-18-12-14(25)2-7-17(18)21(32)29-15-3-5-16(6-4-15)30-23(34)20-19(27-13-28-20)22(33)26-8-11-31-9-1-10-31/h2-7,12-13H,1,8-11H2,(H,26,33)(H,27,28)(H,29,32)(H,30,34). The first-order valence-electron chi connectivity index (χ1n) is 10.6. The summed E-state index contributed by atoms with van der Waals surface area (Å²) >= 11 is 5.92. The van der Waals surface area contributed by atoms with Gasteiger partial charge in [0, 0.05) is 24.5 Å². The van der Waals surface area contributed by atoms with E-state index in [2.05, 4.69) is 30.8 Å². The number of likely N-dealkylation sites (tertiary alicyclic amines) is 1. The van der Waals surface area contributed by atoms with E-state index in [1.807, 2.05) is 0 Å². The van der Waals surface area contributed by atoms with Crippen LogP contribution in [0.1, 0.15) is 37.8 Å². The highest BCUT2D eigenvalue weighted by molar-refractivity contribution is 6.34.